The topological polar surface area (TPSA) is 48.1 Å². The molecule has 1 aromatic heterocycles. The zero-order chi connectivity index (χ0) is 11.5. The third-order valence-corrected chi connectivity index (χ3v) is 2.77. The summed E-state index contributed by atoms with van der Waals surface area (Å²) in [4.78, 5) is 10.3. The van der Waals surface area contributed by atoms with Crippen molar-refractivity contribution in [3.8, 4) is 0 Å². The summed E-state index contributed by atoms with van der Waals surface area (Å²) >= 11 is 5.63. The van der Waals surface area contributed by atoms with Gasteiger partial charge >= 0.3 is 0 Å². The van der Waals surface area contributed by atoms with E-state index in [1.165, 1.54) is 6.07 Å². The molecule has 1 heterocycles. The van der Waals surface area contributed by atoms with Gasteiger partial charge in [-0.2, -0.15) is 0 Å². The third kappa shape index (κ3) is 2.02. The Morgan fingerprint density at radius 2 is 2.19 bits per heavy atom. The van der Waals surface area contributed by atoms with E-state index in [1.807, 2.05) is 16.8 Å². The molecule has 2 rings (SSSR count). The number of nitro groups is 1. The molecule has 4 nitrogen and oxygen atoms in total. The van der Waals surface area contributed by atoms with Gasteiger partial charge in [0.25, 0.3) is 5.69 Å². The van der Waals surface area contributed by atoms with Crippen LogP contribution in [0.3, 0.4) is 0 Å². The number of hydrogen-bond acceptors (Lipinski definition) is 2. The van der Waals surface area contributed by atoms with E-state index in [0.717, 1.165) is 23.9 Å². The molecule has 0 atom stereocenters. The molecule has 0 aliphatic rings. The normalized spacial score (nSPS) is 10.8. The number of benzene rings is 1. The molecule has 84 valence electrons. The standard InChI is InChI=1S/C11H11ClN2O2/c12-5-1-6-13-7-4-9-2-3-10(14(15)16)8-11(9)13/h2-4,7-8H,1,5-6H2. The lowest BCUT2D eigenvalue weighted by atomic mass is 10.2. The fourth-order valence-electron chi connectivity index (χ4n) is 1.71. The molecule has 2 aromatic rings. The van der Waals surface area contributed by atoms with Crippen LogP contribution in [0.1, 0.15) is 6.42 Å². The van der Waals surface area contributed by atoms with Gasteiger partial charge in [-0.05, 0) is 18.6 Å². The molecular formula is C11H11ClN2O2. The molecule has 0 saturated carbocycles. The Kier molecular flexibility index (Phi) is 3.10. The highest BCUT2D eigenvalue weighted by Crippen LogP contribution is 2.22. The van der Waals surface area contributed by atoms with Crippen LogP contribution in [0.4, 0.5) is 5.69 Å². The van der Waals surface area contributed by atoms with Gasteiger partial charge in [-0.3, -0.25) is 10.1 Å². The second-order valence-corrected chi connectivity index (χ2v) is 3.93. The van der Waals surface area contributed by atoms with Crippen LogP contribution in [0, 0.1) is 10.1 Å². The van der Waals surface area contributed by atoms with Crippen LogP contribution in [0.5, 0.6) is 0 Å². The highest BCUT2D eigenvalue weighted by atomic mass is 35.5. The zero-order valence-corrected chi connectivity index (χ0v) is 9.35. The van der Waals surface area contributed by atoms with Crippen LogP contribution in [0.15, 0.2) is 30.5 Å². The van der Waals surface area contributed by atoms with Crippen molar-refractivity contribution >= 4 is 28.2 Å². The van der Waals surface area contributed by atoms with Gasteiger partial charge in [0.15, 0.2) is 0 Å². The predicted octanol–water partition coefficient (Wildman–Crippen LogP) is 3.18. The third-order valence-electron chi connectivity index (χ3n) is 2.50. The lowest BCUT2D eigenvalue weighted by Crippen LogP contribution is -1.97. The molecule has 0 amide bonds. The van der Waals surface area contributed by atoms with Gasteiger partial charge in [0.2, 0.25) is 0 Å². The highest BCUT2D eigenvalue weighted by molar-refractivity contribution is 6.17. The van der Waals surface area contributed by atoms with E-state index in [9.17, 15) is 10.1 Å². The Hall–Kier alpha value is -1.55. The van der Waals surface area contributed by atoms with Gasteiger partial charge in [0, 0.05) is 36.1 Å². The molecule has 1 aromatic carbocycles. The number of halogens is 1. The fourth-order valence-corrected chi connectivity index (χ4v) is 1.83. The van der Waals surface area contributed by atoms with Crippen molar-refractivity contribution in [2.45, 2.75) is 13.0 Å². The van der Waals surface area contributed by atoms with Crippen molar-refractivity contribution < 1.29 is 4.92 Å². The number of aryl methyl sites for hydroxylation is 1. The Bertz CT molecular complexity index is 522. The Balaban J connectivity index is 2.43. The minimum Gasteiger partial charge on any atom is -0.347 e. The Morgan fingerprint density at radius 3 is 2.88 bits per heavy atom. The number of hydrogen-bond donors (Lipinski definition) is 0. The van der Waals surface area contributed by atoms with Crippen molar-refractivity contribution in [1.82, 2.24) is 4.57 Å². The summed E-state index contributed by atoms with van der Waals surface area (Å²) in [7, 11) is 0. The first-order chi connectivity index (χ1) is 7.72. The largest absolute Gasteiger partial charge is 0.347 e. The average molecular weight is 239 g/mol. The van der Waals surface area contributed by atoms with Gasteiger partial charge in [-0.1, -0.05) is 0 Å². The van der Waals surface area contributed by atoms with Crippen LogP contribution in [0.2, 0.25) is 0 Å². The monoisotopic (exact) mass is 238 g/mol. The first kappa shape index (κ1) is 11.0. The van der Waals surface area contributed by atoms with Crippen LogP contribution in [-0.4, -0.2) is 15.4 Å². The van der Waals surface area contributed by atoms with E-state index < -0.39 is 0 Å². The maximum absolute atomic E-state index is 10.7. The molecule has 16 heavy (non-hydrogen) atoms. The SMILES string of the molecule is O=[N+]([O-])c1ccc2ccn(CCCCl)c2c1. The summed E-state index contributed by atoms with van der Waals surface area (Å²) in [6.07, 6.45) is 2.79. The van der Waals surface area contributed by atoms with Crippen molar-refractivity contribution in [3.05, 3.63) is 40.6 Å². The summed E-state index contributed by atoms with van der Waals surface area (Å²) in [5, 5.41) is 11.7. The quantitative estimate of drug-likeness (QED) is 0.467. The van der Waals surface area contributed by atoms with Crippen molar-refractivity contribution in [2.75, 3.05) is 5.88 Å². The minimum atomic E-state index is -0.377. The smallest absolute Gasteiger partial charge is 0.271 e. The molecule has 0 spiro atoms. The van der Waals surface area contributed by atoms with Gasteiger partial charge in [0.1, 0.15) is 0 Å². The van der Waals surface area contributed by atoms with E-state index in [1.54, 1.807) is 12.1 Å². The van der Waals surface area contributed by atoms with Crippen LogP contribution < -0.4 is 0 Å². The number of aromatic nitrogens is 1. The summed E-state index contributed by atoms with van der Waals surface area (Å²) in [5.41, 5.74) is 1.01. The summed E-state index contributed by atoms with van der Waals surface area (Å²) < 4.78 is 1.99. The first-order valence-electron chi connectivity index (χ1n) is 5.01. The highest BCUT2D eigenvalue weighted by Gasteiger charge is 2.08. The Labute approximate surface area is 97.6 Å². The number of fused-ring (bicyclic) bond motifs is 1. The molecule has 0 bridgehead atoms. The van der Waals surface area contributed by atoms with Crippen LogP contribution in [0.25, 0.3) is 10.9 Å². The maximum Gasteiger partial charge on any atom is 0.271 e. The summed E-state index contributed by atoms with van der Waals surface area (Å²) in [6, 6.07) is 6.84. The van der Waals surface area contributed by atoms with E-state index in [-0.39, 0.29) is 10.6 Å². The number of alkyl halides is 1. The minimum absolute atomic E-state index is 0.123. The molecule has 0 N–H and O–H groups in total. The fraction of sp³-hybridized carbons (Fsp3) is 0.273. The molecular weight excluding hydrogens is 228 g/mol. The molecule has 0 aliphatic carbocycles. The summed E-state index contributed by atoms with van der Waals surface area (Å²) in [6.45, 7) is 0.786. The number of non-ortho nitro benzene ring substituents is 1. The van der Waals surface area contributed by atoms with Gasteiger partial charge in [-0.15, -0.1) is 11.6 Å². The maximum atomic E-state index is 10.7. The van der Waals surface area contributed by atoms with E-state index in [4.69, 9.17) is 11.6 Å². The molecule has 0 radical (unpaired) electrons. The van der Waals surface area contributed by atoms with Crippen LogP contribution >= 0.6 is 11.6 Å². The molecule has 0 fully saturated rings. The number of nitrogens with zero attached hydrogens (tertiary/aromatic N) is 2. The lowest BCUT2D eigenvalue weighted by molar-refractivity contribution is -0.384. The molecule has 0 aliphatic heterocycles. The van der Waals surface area contributed by atoms with Gasteiger partial charge < -0.3 is 4.57 Å². The molecule has 0 unspecified atom stereocenters. The second kappa shape index (κ2) is 4.53. The lowest BCUT2D eigenvalue weighted by Gasteiger charge is -2.03. The second-order valence-electron chi connectivity index (χ2n) is 3.55. The molecule has 0 saturated heterocycles. The van der Waals surface area contributed by atoms with Gasteiger partial charge in [-0.25, -0.2) is 0 Å². The van der Waals surface area contributed by atoms with Crippen molar-refractivity contribution in [1.29, 1.82) is 0 Å². The van der Waals surface area contributed by atoms with E-state index in [2.05, 4.69) is 0 Å². The summed E-state index contributed by atoms with van der Waals surface area (Å²) in [5.74, 6) is 0.592. The number of nitro benzene ring substituents is 1. The Morgan fingerprint density at radius 1 is 1.38 bits per heavy atom. The van der Waals surface area contributed by atoms with Gasteiger partial charge in [0.05, 0.1) is 10.4 Å². The van der Waals surface area contributed by atoms with Crippen molar-refractivity contribution in [3.63, 3.8) is 0 Å². The predicted molar refractivity (Wildman–Crippen MR) is 63.9 cm³/mol. The number of rotatable bonds is 4. The van der Waals surface area contributed by atoms with E-state index >= 15 is 0 Å². The first-order valence-corrected chi connectivity index (χ1v) is 5.55. The molecule has 5 heteroatoms. The van der Waals surface area contributed by atoms with E-state index in [0.29, 0.717) is 5.88 Å². The van der Waals surface area contributed by atoms with Crippen LogP contribution in [-0.2, 0) is 6.54 Å². The van der Waals surface area contributed by atoms with Crippen molar-refractivity contribution in [2.24, 2.45) is 0 Å². The average Bonchev–Trinajstić information content (AvgIpc) is 2.68. The zero-order valence-electron chi connectivity index (χ0n) is 8.60.